The zero-order chi connectivity index (χ0) is 17.7. The Morgan fingerprint density at radius 3 is 2.46 bits per heavy atom. The number of rotatable bonds is 5. The molecule has 136 valence electrons. The van der Waals surface area contributed by atoms with Gasteiger partial charge in [-0.1, -0.05) is 12.1 Å². The van der Waals surface area contributed by atoms with Crippen LogP contribution in [0, 0.1) is 13.8 Å². The fraction of sp³-hybridized carbons (Fsp3) is 0.778. The molecule has 0 amide bonds. The smallest absolute Gasteiger partial charge is 0.191 e. The van der Waals surface area contributed by atoms with Crippen LogP contribution in [0.25, 0.3) is 0 Å². The third-order valence-electron chi connectivity index (χ3n) is 4.98. The van der Waals surface area contributed by atoms with Gasteiger partial charge >= 0.3 is 0 Å². The Labute approximate surface area is 146 Å². The van der Waals surface area contributed by atoms with Crippen LogP contribution in [0.5, 0.6) is 0 Å². The van der Waals surface area contributed by atoms with Crippen molar-refractivity contribution in [2.24, 2.45) is 4.99 Å². The van der Waals surface area contributed by atoms with Crippen molar-refractivity contribution in [1.29, 1.82) is 0 Å². The second kappa shape index (κ2) is 8.51. The van der Waals surface area contributed by atoms with Gasteiger partial charge in [-0.3, -0.25) is 4.99 Å². The molecule has 1 aliphatic rings. The number of nitrogens with zero attached hydrogens (tertiary/aromatic N) is 3. The van der Waals surface area contributed by atoms with Gasteiger partial charge in [0.1, 0.15) is 5.76 Å². The lowest BCUT2D eigenvalue weighted by Gasteiger charge is -2.35. The highest BCUT2D eigenvalue weighted by Crippen LogP contribution is 2.22. The van der Waals surface area contributed by atoms with Gasteiger partial charge in [-0.2, -0.15) is 0 Å². The SMILES string of the molecule is CN=C(NCC(C)c1c(C)noc1C)NC1CCN(C(C)C)CC1. The minimum absolute atomic E-state index is 0.331. The first-order chi connectivity index (χ1) is 11.4. The molecule has 6 heteroatoms. The maximum absolute atomic E-state index is 5.27. The highest BCUT2D eigenvalue weighted by atomic mass is 16.5. The van der Waals surface area contributed by atoms with Gasteiger partial charge in [0.25, 0.3) is 0 Å². The van der Waals surface area contributed by atoms with Crippen molar-refractivity contribution in [2.45, 2.75) is 65.5 Å². The average molecular weight is 335 g/mol. The molecule has 1 aromatic rings. The molecule has 1 unspecified atom stereocenters. The number of nitrogens with one attached hydrogen (secondary N) is 2. The van der Waals surface area contributed by atoms with E-state index >= 15 is 0 Å². The first-order valence-corrected chi connectivity index (χ1v) is 9.06. The molecular weight excluding hydrogens is 302 g/mol. The second-order valence-corrected chi connectivity index (χ2v) is 7.14. The molecule has 0 saturated carbocycles. The van der Waals surface area contributed by atoms with Crippen LogP contribution in [0.3, 0.4) is 0 Å². The molecule has 1 aliphatic heterocycles. The lowest BCUT2D eigenvalue weighted by Crippen LogP contribution is -2.50. The molecule has 0 aliphatic carbocycles. The molecule has 24 heavy (non-hydrogen) atoms. The molecule has 1 atom stereocenters. The van der Waals surface area contributed by atoms with Crippen LogP contribution in [0.1, 0.15) is 56.5 Å². The van der Waals surface area contributed by atoms with Crippen LogP contribution < -0.4 is 10.6 Å². The summed E-state index contributed by atoms with van der Waals surface area (Å²) in [4.78, 5) is 6.91. The van der Waals surface area contributed by atoms with E-state index in [2.05, 4.69) is 46.5 Å². The number of aliphatic imine (C=N–C) groups is 1. The molecule has 1 fully saturated rings. The zero-order valence-corrected chi connectivity index (χ0v) is 16.0. The Hall–Kier alpha value is -1.56. The van der Waals surface area contributed by atoms with Crippen LogP contribution in [-0.4, -0.2) is 54.8 Å². The molecule has 1 saturated heterocycles. The molecule has 2 N–H and O–H groups in total. The number of guanidine groups is 1. The van der Waals surface area contributed by atoms with Crippen molar-refractivity contribution in [3.05, 3.63) is 17.0 Å². The maximum atomic E-state index is 5.27. The normalized spacial score (nSPS) is 18.9. The summed E-state index contributed by atoms with van der Waals surface area (Å²) in [5.74, 6) is 2.12. The van der Waals surface area contributed by atoms with E-state index in [1.807, 2.05) is 20.9 Å². The van der Waals surface area contributed by atoms with Crippen LogP contribution in [0.15, 0.2) is 9.52 Å². The molecule has 6 nitrogen and oxygen atoms in total. The predicted molar refractivity (Wildman–Crippen MR) is 98.6 cm³/mol. The van der Waals surface area contributed by atoms with E-state index in [1.54, 1.807) is 0 Å². The molecule has 2 heterocycles. The van der Waals surface area contributed by atoms with E-state index < -0.39 is 0 Å². The van der Waals surface area contributed by atoms with Crippen molar-refractivity contribution in [1.82, 2.24) is 20.7 Å². The summed E-state index contributed by atoms with van der Waals surface area (Å²) in [6, 6.07) is 1.14. The van der Waals surface area contributed by atoms with Gasteiger partial charge in [-0.25, -0.2) is 0 Å². The highest BCUT2D eigenvalue weighted by Gasteiger charge is 2.22. The molecule has 2 rings (SSSR count). The summed E-state index contributed by atoms with van der Waals surface area (Å²) >= 11 is 0. The number of hydrogen-bond donors (Lipinski definition) is 2. The van der Waals surface area contributed by atoms with Gasteiger partial charge in [0.05, 0.1) is 5.69 Å². The summed E-state index contributed by atoms with van der Waals surface area (Å²) in [5, 5.41) is 11.1. The Bertz CT molecular complexity index is 524. The minimum Gasteiger partial charge on any atom is -0.361 e. The lowest BCUT2D eigenvalue weighted by atomic mass is 9.99. The molecular formula is C18H33N5O. The first kappa shape index (κ1) is 18.8. The van der Waals surface area contributed by atoms with Gasteiger partial charge in [0.2, 0.25) is 0 Å². The Morgan fingerprint density at radius 2 is 1.96 bits per heavy atom. The Balaban J connectivity index is 1.81. The zero-order valence-electron chi connectivity index (χ0n) is 16.0. The van der Waals surface area contributed by atoms with E-state index in [1.165, 1.54) is 5.56 Å². The monoisotopic (exact) mass is 335 g/mol. The maximum Gasteiger partial charge on any atom is 0.191 e. The summed E-state index contributed by atoms with van der Waals surface area (Å²) in [5.41, 5.74) is 2.17. The van der Waals surface area contributed by atoms with E-state index in [9.17, 15) is 0 Å². The van der Waals surface area contributed by atoms with Crippen molar-refractivity contribution >= 4 is 5.96 Å². The Morgan fingerprint density at radius 1 is 1.29 bits per heavy atom. The number of piperidine rings is 1. The van der Waals surface area contributed by atoms with Crippen molar-refractivity contribution in [2.75, 3.05) is 26.7 Å². The van der Waals surface area contributed by atoms with E-state index in [4.69, 9.17) is 4.52 Å². The van der Waals surface area contributed by atoms with E-state index in [0.717, 1.165) is 49.9 Å². The molecule has 0 aromatic carbocycles. The third kappa shape index (κ3) is 4.72. The molecule has 0 spiro atoms. The number of aromatic nitrogens is 1. The van der Waals surface area contributed by atoms with E-state index in [-0.39, 0.29) is 0 Å². The standard InChI is InChI=1S/C18H33N5O/c1-12(2)23-9-7-16(8-10-23)21-18(19-6)20-11-13(3)17-14(4)22-24-15(17)5/h12-13,16H,7-11H2,1-6H3,(H2,19,20,21). The van der Waals surface area contributed by atoms with Gasteiger partial charge < -0.3 is 20.1 Å². The average Bonchev–Trinajstić information content (AvgIpc) is 2.90. The number of hydrogen-bond acceptors (Lipinski definition) is 4. The van der Waals surface area contributed by atoms with Gasteiger partial charge in [0, 0.05) is 50.2 Å². The predicted octanol–water partition coefficient (Wildman–Crippen LogP) is 2.43. The number of aryl methyl sites for hydroxylation is 2. The fourth-order valence-electron chi connectivity index (χ4n) is 3.49. The van der Waals surface area contributed by atoms with E-state index in [0.29, 0.717) is 18.0 Å². The van der Waals surface area contributed by atoms with Crippen molar-refractivity contribution in [3.8, 4) is 0 Å². The summed E-state index contributed by atoms with van der Waals surface area (Å²) in [6.45, 7) is 13.8. The van der Waals surface area contributed by atoms with Gasteiger partial charge in [-0.05, 0) is 40.5 Å². The van der Waals surface area contributed by atoms with Crippen LogP contribution in [0.2, 0.25) is 0 Å². The largest absolute Gasteiger partial charge is 0.361 e. The van der Waals surface area contributed by atoms with Gasteiger partial charge in [0.15, 0.2) is 5.96 Å². The minimum atomic E-state index is 0.331. The molecule has 1 aromatic heterocycles. The lowest BCUT2D eigenvalue weighted by molar-refractivity contribution is 0.167. The summed E-state index contributed by atoms with van der Waals surface area (Å²) in [7, 11) is 1.83. The van der Waals surface area contributed by atoms with Gasteiger partial charge in [-0.15, -0.1) is 0 Å². The fourth-order valence-corrected chi connectivity index (χ4v) is 3.49. The third-order valence-corrected chi connectivity index (χ3v) is 4.98. The topological polar surface area (TPSA) is 65.7 Å². The number of likely N-dealkylation sites (tertiary alicyclic amines) is 1. The van der Waals surface area contributed by atoms with Crippen molar-refractivity contribution in [3.63, 3.8) is 0 Å². The summed E-state index contributed by atoms with van der Waals surface area (Å²) < 4.78 is 5.27. The molecule has 0 bridgehead atoms. The summed E-state index contributed by atoms with van der Waals surface area (Å²) in [6.07, 6.45) is 2.33. The van der Waals surface area contributed by atoms with Crippen LogP contribution in [0.4, 0.5) is 0 Å². The Kier molecular flexibility index (Phi) is 6.66. The highest BCUT2D eigenvalue weighted by molar-refractivity contribution is 5.80. The molecule has 0 radical (unpaired) electrons. The van der Waals surface area contributed by atoms with Crippen LogP contribution in [-0.2, 0) is 0 Å². The quantitative estimate of drug-likeness (QED) is 0.639. The second-order valence-electron chi connectivity index (χ2n) is 7.14. The van der Waals surface area contributed by atoms with Crippen LogP contribution >= 0.6 is 0 Å². The van der Waals surface area contributed by atoms with Crippen molar-refractivity contribution < 1.29 is 4.52 Å². The first-order valence-electron chi connectivity index (χ1n) is 9.06.